The molecule has 2 aromatic carbocycles. The van der Waals surface area contributed by atoms with Crippen molar-refractivity contribution in [2.45, 2.75) is 32.9 Å². The van der Waals surface area contributed by atoms with Gasteiger partial charge in [-0.15, -0.1) is 0 Å². The van der Waals surface area contributed by atoms with Crippen LogP contribution in [-0.2, 0) is 11.3 Å². The van der Waals surface area contributed by atoms with Crippen LogP contribution >= 0.6 is 0 Å². The van der Waals surface area contributed by atoms with Crippen LogP contribution in [0.15, 0.2) is 59.7 Å². The molecule has 0 bridgehead atoms. The van der Waals surface area contributed by atoms with Gasteiger partial charge in [0.25, 0.3) is 0 Å². The number of allylic oxidation sites excluding steroid dienone is 2. The predicted molar refractivity (Wildman–Crippen MR) is 119 cm³/mol. The van der Waals surface area contributed by atoms with Crippen molar-refractivity contribution in [3.05, 3.63) is 76.4 Å². The Kier molecular flexibility index (Phi) is 6.75. The summed E-state index contributed by atoms with van der Waals surface area (Å²) < 4.78 is 5.50. The number of phenols is 2. The first-order chi connectivity index (χ1) is 15.2. The highest BCUT2D eigenvalue weighted by atomic mass is 16.6. The first-order valence-corrected chi connectivity index (χ1v) is 9.96. The van der Waals surface area contributed by atoms with Crippen LogP contribution < -0.4 is 11.1 Å². The van der Waals surface area contributed by atoms with Gasteiger partial charge >= 0.3 is 6.09 Å². The number of ketones is 2. The fraction of sp³-hybridized carbons (Fsp3) is 0.208. The number of carbonyl (C=O) groups excluding carboxylic acids is 3. The predicted octanol–water partition coefficient (Wildman–Crippen LogP) is 3.84. The zero-order chi connectivity index (χ0) is 23.4. The van der Waals surface area contributed by atoms with Crippen molar-refractivity contribution in [2.75, 3.05) is 5.32 Å². The average molecular weight is 436 g/mol. The van der Waals surface area contributed by atoms with Gasteiger partial charge in [0.1, 0.15) is 17.6 Å². The van der Waals surface area contributed by atoms with Crippen molar-refractivity contribution in [3.63, 3.8) is 0 Å². The third-order valence-corrected chi connectivity index (χ3v) is 4.96. The highest BCUT2D eigenvalue weighted by Gasteiger charge is 2.35. The normalized spacial score (nSPS) is 13.7. The number of hydrogen-bond donors (Lipinski definition) is 4. The van der Waals surface area contributed by atoms with E-state index in [1.165, 1.54) is 0 Å². The summed E-state index contributed by atoms with van der Waals surface area (Å²) in [5, 5.41) is 22.7. The van der Waals surface area contributed by atoms with E-state index in [2.05, 4.69) is 5.32 Å². The van der Waals surface area contributed by atoms with E-state index in [-0.39, 0.29) is 23.1 Å². The largest absolute Gasteiger partial charge is 0.507 e. The van der Waals surface area contributed by atoms with E-state index >= 15 is 0 Å². The van der Waals surface area contributed by atoms with E-state index < -0.39 is 35.3 Å². The summed E-state index contributed by atoms with van der Waals surface area (Å²) in [5.74, 6) is -2.20. The fourth-order valence-electron chi connectivity index (χ4n) is 3.30. The van der Waals surface area contributed by atoms with E-state index in [0.717, 1.165) is 29.3 Å². The molecule has 0 heterocycles. The zero-order valence-electron chi connectivity index (χ0n) is 17.7. The monoisotopic (exact) mass is 436 g/mol. The highest BCUT2D eigenvalue weighted by Crippen LogP contribution is 2.36. The van der Waals surface area contributed by atoms with Crippen molar-refractivity contribution in [1.29, 1.82) is 0 Å². The molecule has 1 atom stereocenters. The molecular formula is C24H24N2O6. The Labute approximate surface area is 185 Å². The van der Waals surface area contributed by atoms with Crippen molar-refractivity contribution in [3.8, 4) is 11.5 Å². The molecule has 3 rings (SSSR count). The van der Waals surface area contributed by atoms with Gasteiger partial charge in [0.2, 0.25) is 0 Å². The van der Waals surface area contributed by atoms with Gasteiger partial charge in [-0.05, 0) is 49.8 Å². The molecule has 8 heteroatoms. The van der Waals surface area contributed by atoms with Gasteiger partial charge in [-0.1, -0.05) is 23.8 Å². The third kappa shape index (κ3) is 4.87. The molecule has 0 aliphatic heterocycles. The molecule has 166 valence electrons. The van der Waals surface area contributed by atoms with Crippen molar-refractivity contribution >= 4 is 23.3 Å². The Morgan fingerprint density at radius 1 is 1.06 bits per heavy atom. The molecule has 0 saturated carbocycles. The van der Waals surface area contributed by atoms with Crippen LogP contribution in [0, 0.1) is 0 Å². The number of nitrogens with one attached hydrogen (secondary N) is 1. The maximum Gasteiger partial charge on any atom is 0.412 e. The minimum atomic E-state index is -1.08. The molecule has 0 spiro atoms. The van der Waals surface area contributed by atoms with E-state index in [9.17, 15) is 24.6 Å². The van der Waals surface area contributed by atoms with Crippen molar-refractivity contribution < 1.29 is 29.3 Å². The maximum atomic E-state index is 13.1. The topological polar surface area (TPSA) is 139 Å². The number of fused-ring (bicyclic) bond motifs is 1. The van der Waals surface area contributed by atoms with Crippen LogP contribution in [0.4, 0.5) is 10.5 Å². The van der Waals surface area contributed by atoms with Crippen molar-refractivity contribution in [1.82, 2.24) is 0 Å². The average Bonchev–Trinajstić information content (AvgIpc) is 2.75. The molecule has 5 N–H and O–H groups in total. The number of carbonyl (C=O) groups is 3. The van der Waals surface area contributed by atoms with Gasteiger partial charge in [0, 0.05) is 24.2 Å². The lowest BCUT2D eigenvalue weighted by Gasteiger charge is -2.23. The molecule has 0 saturated heterocycles. The number of hydrogen-bond acceptors (Lipinski definition) is 7. The summed E-state index contributed by atoms with van der Waals surface area (Å²) in [6.45, 7) is 4.05. The Bertz CT molecular complexity index is 1130. The molecule has 1 amide bonds. The van der Waals surface area contributed by atoms with Crippen LogP contribution in [0.5, 0.6) is 11.5 Å². The second kappa shape index (κ2) is 9.49. The Morgan fingerprint density at radius 2 is 1.69 bits per heavy atom. The van der Waals surface area contributed by atoms with Gasteiger partial charge in [-0.3, -0.25) is 14.9 Å². The number of anilines is 1. The molecule has 0 aromatic heterocycles. The summed E-state index contributed by atoms with van der Waals surface area (Å²) in [4.78, 5) is 38.2. The number of ether oxygens (including phenoxy) is 1. The fourth-order valence-corrected chi connectivity index (χ4v) is 3.30. The van der Waals surface area contributed by atoms with Crippen LogP contribution in [0.3, 0.4) is 0 Å². The van der Waals surface area contributed by atoms with E-state index in [4.69, 9.17) is 10.5 Å². The molecule has 2 aromatic rings. The molecule has 0 radical (unpaired) electrons. The number of benzene rings is 2. The van der Waals surface area contributed by atoms with Crippen LogP contribution in [0.1, 0.15) is 46.5 Å². The molecular weight excluding hydrogens is 412 g/mol. The molecule has 0 fully saturated rings. The summed E-state index contributed by atoms with van der Waals surface area (Å²) in [7, 11) is 0. The molecule has 1 aliphatic carbocycles. The van der Waals surface area contributed by atoms with Gasteiger partial charge in [-0.25, -0.2) is 4.79 Å². The Balaban J connectivity index is 1.89. The summed E-state index contributed by atoms with van der Waals surface area (Å²) in [6, 6.07) is 9.12. The highest BCUT2D eigenvalue weighted by molar-refractivity contribution is 6.27. The minimum absolute atomic E-state index is 0.0884. The first-order valence-electron chi connectivity index (χ1n) is 9.96. The lowest BCUT2D eigenvalue weighted by Crippen LogP contribution is -2.30. The van der Waals surface area contributed by atoms with Gasteiger partial charge in [0.05, 0.1) is 11.1 Å². The second-order valence-electron chi connectivity index (χ2n) is 7.58. The summed E-state index contributed by atoms with van der Waals surface area (Å²) >= 11 is 0. The number of amides is 1. The first kappa shape index (κ1) is 22.8. The Morgan fingerprint density at radius 3 is 2.28 bits per heavy atom. The smallest absolute Gasteiger partial charge is 0.412 e. The third-order valence-electron chi connectivity index (χ3n) is 4.96. The number of rotatable bonds is 6. The van der Waals surface area contributed by atoms with E-state index in [1.807, 2.05) is 13.8 Å². The number of phenolic OH excluding ortho intramolecular Hbond substituents is 2. The maximum absolute atomic E-state index is 13.1. The van der Waals surface area contributed by atoms with Gasteiger partial charge in [-0.2, -0.15) is 0 Å². The van der Waals surface area contributed by atoms with E-state index in [1.54, 1.807) is 30.3 Å². The van der Waals surface area contributed by atoms with Crippen molar-refractivity contribution in [2.24, 2.45) is 5.73 Å². The number of Topliss-reactive ketones (excluding diaryl/α,β-unsaturated/α-hetero) is 1. The zero-order valence-corrected chi connectivity index (χ0v) is 17.7. The van der Waals surface area contributed by atoms with E-state index in [0.29, 0.717) is 12.2 Å². The Hall–Kier alpha value is -3.91. The summed E-state index contributed by atoms with van der Waals surface area (Å²) in [6.07, 6.45) is 1.05. The lowest BCUT2D eigenvalue weighted by atomic mass is 9.85. The summed E-state index contributed by atoms with van der Waals surface area (Å²) in [5.41, 5.74) is 7.19. The van der Waals surface area contributed by atoms with Crippen LogP contribution in [0.2, 0.25) is 0 Å². The second-order valence-corrected chi connectivity index (χ2v) is 7.58. The lowest BCUT2D eigenvalue weighted by molar-refractivity contribution is 0.0914. The quantitative estimate of drug-likeness (QED) is 0.398. The molecule has 8 nitrogen and oxygen atoms in total. The van der Waals surface area contributed by atoms with Crippen LogP contribution in [-0.4, -0.2) is 34.0 Å². The minimum Gasteiger partial charge on any atom is -0.507 e. The SMILES string of the molecule is CC(C)=CCC(OC(=O)Nc1ccc(CN)cc1)C1=CC(=O)c2c(O)ccc(O)c2C1=O. The standard InChI is InChI=1S/C24H24N2O6/c1-13(2)3-10-20(32-24(31)26-15-6-4-14(12-25)5-7-15)16-11-19(29)21-17(27)8-9-18(28)22(21)23(16)30/h3-9,11,20,27-28H,10,12,25H2,1-2H3,(H,26,31). The van der Waals surface area contributed by atoms with Gasteiger partial charge < -0.3 is 20.7 Å². The molecule has 1 unspecified atom stereocenters. The molecule has 1 aliphatic rings. The van der Waals surface area contributed by atoms with Crippen LogP contribution in [0.25, 0.3) is 0 Å². The number of nitrogens with two attached hydrogens (primary N) is 1. The molecule has 32 heavy (non-hydrogen) atoms. The number of aromatic hydroxyl groups is 2. The van der Waals surface area contributed by atoms with Gasteiger partial charge in [0.15, 0.2) is 11.6 Å².